The maximum absolute atomic E-state index is 12.6. The molecule has 2 aromatic rings. The number of phosphoric ester groups is 3. The summed E-state index contributed by atoms with van der Waals surface area (Å²) in [4.78, 5) is 96.8. The van der Waals surface area contributed by atoms with Crippen LogP contribution in [0.15, 0.2) is 24.8 Å². The van der Waals surface area contributed by atoms with Gasteiger partial charge in [0.1, 0.15) is 36.3 Å². The van der Waals surface area contributed by atoms with Gasteiger partial charge in [0, 0.05) is 37.1 Å². The number of aromatic nitrogens is 4. The maximum Gasteiger partial charge on any atom is 0.274 e. The average Bonchev–Trinajstić information content (AvgIpc) is 3.81. The minimum absolute atomic E-state index is 0.0190. The predicted molar refractivity (Wildman–Crippen MR) is 238 cm³/mol. The highest BCUT2D eigenvalue weighted by Crippen LogP contribution is 2.56. The van der Waals surface area contributed by atoms with Crippen molar-refractivity contribution in [3.8, 4) is 0 Å². The van der Waals surface area contributed by atoms with Gasteiger partial charge in [-0.1, -0.05) is 96.1 Å². The number of phosphoric acid groups is 3. The highest BCUT2D eigenvalue weighted by atomic mass is 32.2. The number of allylic oxidation sites excluding steroid dienone is 2. The number of hydrogen-bond acceptors (Lipinski definition) is 22. The Morgan fingerprint density at radius 2 is 1.54 bits per heavy atom. The summed E-state index contributed by atoms with van der Waals surface area (Å²) >= 11 is 1.13. The molecule has 2 amide bonds. The molecule has 2 unspecified atom stereocenters. The molecule has 0 aromatic carbocycles. The van der Waals surface area contributed by atoms with E-state index in [-0.39, 0.29) is 41.6 Å². The minimum Gasteiger partial charge on any atom is -0.790 e. The molecule has 3 heterocycles. The SMILES string of the molecule is CCCCCCCCCCC/C=C\CCCCC(=O)SCCNC(=O)CCNC(=O)[C@H](O)C(C)(C)COP(=O)([O-])OP(=O)([O-])OC[C@H]1O[C@@H](n2cnc3c(N)ncnc32)[C@H](O)[C@@H]1OP(=O)([O-])[O-]. The number of imidazole rings is 1. The highest BCUT2D eigenvalue weighted by molar-refractivity contribution is 8.13. The number of carbonyl (C=O) groups excluding carboxylic acids is 3. The van der Waals surface area contributed by atoms with Crippen LogP contribution >= 0.6 is 35.2 Å². The van der Waals surface area contributed by atoms with Crippen molar-refractivity contribution in [3.63, 3.8) is 0 Å². The fraction of sp³-hybridized carbons (Fsp3) is 0.744. The van der Waals surface area contributed by atoms with Gasteiger partial charge in [-0.3, -0.25) is 28.1 Å². The Morgan fingerprint density at radius 1 is 0.910 bits per heavy atom. The van der Waals surface area contributed by atoms with E-state index in [0.717, 1.165) is 54.7 Å². The molecule has 1 fully saturated rings. The number of aliphatic hydroxyl groups excluding tert-OH is 2. The summed E-state index contributed by atoms with van der Waals surface area (Å²) in [6, 6.07) is 0. The van der Waals surface area contributed by atoms with Crippen LogP contribution in [0.4, 0.5) is 5.82 Å². The molecule has 3 rings (SSSR count). The van der Waals surface area contributed by atoms with Crippen molar-refractivity contribution < 1.29 is 80.5 Å². The van der Waals surface area contributed by atoms with Gasteiger partial charge in [0.2, 0.25) is 11.8 Å². The number of amides is 2. The van der Waals surface area contributed by atoms with Crippen molar-refractivity contribution in [2.75, 3.05) is 37.8 Å². The van der Waals surface area contributed by atoms with Crippen LogP contribution in [0.5, 0.6) is 0 Å². The van der Waals surface area contributed by atoms with E-state index in [1.807, 2.05) is 0 Å². The molecule has 7 atom stereocenters. The Hall–Kier alpha value is -2.70. The number of nitrogens with zero attached hydrogens (tertiary/aromatic N) is 4. The van der Waals surface area contributed by atoms with Gasteiger partial charge in [0.05, 0.1) is 27.4 Å². The Morgan fingerprint density at radius 3 is 2.19 bits per heavy atom. The summed E-state index contributed by atoms with van der Waals surface area (Å²) in [5.74, 6) is -1.15. The summed E-state index contributed by atoms with van der Waals surface area (Å²) in [5, 5.41) is 26.4. The third-order valence-corrected chi connectivity index (χ3v) is 14.3. The average molecular weight is 1030 g/mol. The number of hydrogen-bond donors (Lipinski definition) is 5. The summed E-state index contributed by atoms with van der Waals surface area (Å²) in [5.41, 5.74) is 4.09. The molecule has 1 saturated heterocycles. The second-order valence-corrected chi connectivity index (χ2v) is 21.8. The van der Waals surface area contributed by atoms with E-state index in [2.05, 4.69) is 62.5 Å². The first-order valence-electron chi connectivity index (χ1n) is 22.2. The minimum atomic E-state index is -5.92. The van der Waals surface area contributed by atoms with Crippen LogP contribution in [0.25, 0.3) is 11.2 Å². The zero-order valence-electron chi connectivity index (χ0n) is 38.0. The van der Waals surface area contributed by atoms with Crippen molar-refractivity contribution in [1.29, 1.82) is 0 Å². The van der Waals surface area contributed by atoms with E-state index in [0.29, 0.717) is 12.2 Å². The molecule has 67 heavy (non-hydrogen) atoms. The van der Waals surface area contributed by atoms with E-state index >= 15 is 0 Å². The van der Waals surface area contributed by atoms with Crippen LogP contribution < -0.4 is 35.9 Å². The topological polar surface area (TPSA) is 375 Å². The zero-order valence-corrected chi connectivity index (χ0v) is 41.5. The Bertz CT molecular complexity index is 2040. The van der Waals surface area contributed by atoms with Gasteiger partial charge in [0.25, 0.3) is 15.6 Å². The van der Waals surface area contributed by atoms with Gasteiger partial charge in [-0.15, -0.1) is 0 Å². The number of nitrogens with two attached hydrogens (primary N) is 1. The molecule has 0 saturated carbocycles. The molecule has 0 spiro atoms. The Labute approximate surface area is 394 Å². The zero-order chi connectivity index (χ0) is 49.7. The van der Waals surface area contributed by atoms with Gasteiger partial charge in [-0.25, -0.2) is 19.3 Å². The van der Waals surface area contributed by atoms with E-state index in [1.165, 1.54) is 71.6 Å². The van der Waals surface area contributed by atoms with Gasteiger partial charge >= 0.3 is 0 Å². The number of aliphatic hydroxyl groups is 2. The van der Waals surface area contributed by atoms with Crippen LogP contribution in [-0.2, 0) is 50.7 Å². The second kappa shape index (κ2) is 28.8. The van der Waals surface area contributed by atoms with Gasteiger partial charge in [-0.2, -0.15) is 0 Å². The van der Waals surface area contributed by atoms with E-state index in [9.17, 15) is 57.9 Å². The maximum atomic E-state index is 12.6. The third kappa shape index (κ3) is 21.9. The number of thioether (sulfide) groups is 1. The fourth-order valence-electron chi connectivity index (χ4n) is 6.68. The lowest BCUT2D eigenvalue weighted by Gasteiger charge is -2.36. The van der Waals surface area contributed by atoms with Crippen molar-refractivity contribution in [2.24, 2.45) is 5.41 Å². The number of carbonyl (C=O) groups is 3. The van der Waals surface area contributed by atoms with Crippen molar-refractivity contribution in [2.45, 2.75) is 148 Å². The highest BCUT2D eigenvalue weighted by Gasteiger charge is 2.47. The first kappa shape index (κ1) is 58.6. The summed E-state index contributed by atoms with van der Waals surface area (Å²) < 4.78 is 60.8. The van der Waals surface area contributed by atoms with Crippen molar-refractivity contribution in [3.05, 3.63) is 24.8 Å². The van der Waals surface area contributed by atoms with Gasteiger partial charge in [-0.05, 0) is 32.1 Å². The molecule has 0 bridgehead atoms. The smallest absolute Gasteiger partial charge is 0.274 e. The quantitative estimate of drug-likeness (QED) is 0.0381. The lowest BCUT2D eigenvalue weighted by Crippen LogP contribution is -2.46. The van der Waals surface area contributed by atoms with Crippen molar-refractivity contribution >= 4 is 69.1 Å². The van der Waals surface area contributed by atoms with Crippen LogP contribution in [-0.4, -0.2) is 103 Å². The Kier molecular flexibility index (Phi) is 25.2. The molecular weight excluding hydrogens is 963 g/mol. The van der Waals surface area contributed by atoms with Crippen LogP contribution in [0, 0.1) is 5.41 Å². The Balaban J connectivity index is 1.31. The number of anilines is 1. The lowest BCUT2D eigenvalue weighted by molar-refractivity contribution is -0.347. The molecule has 24 nitrogen and oxygen atoms in total. The molecule has 0 aliphatic carbocycles. The van der Waals surface area contributed by atoms with Crippen LogP contribution in [0.3, 0.4) is 0 Å². The second-order valence-electron chi connectivity index (χ2n) is 16.5. The molecule has 1 aliphatic rings. The molecule has 6 N–H and O–H groups in total. The fourth-order valence-corrected chi connectivity index (χ4v) is 10.1. The number of rotatable bonds is 34. The number of fused-ring (bicyclic) bond motifs is 1. The van der Waals surface area contributed by atoms with E-state index < -0.39 is 84.6 Å². The summed E-state index contributed by atoms with van der Waals surface area (Å²) in [6.07, 6.45) is 12.8. The van der Waals surface area contributed by atoms with Crippen LogP contribution in [0.2, 0.25) is 0 Å². The number of ether oxygens (including phenoxy) is 1. The largest absolute Gasteiger partial charge is 0.790 e. The van der Waals surface area contributed by atoms with E-state index in [1.54, 1.807) is 0 Å². The van der Waals surface area contributed by atoms with Crippen molar-refractivity contribution in [1.82, 2.24) is 30.2 Å². The third-order valence-electron chi connectivity index (χ3n) is 10.4. The monoisotopic (exact) mass is 1030 g/mol. The number of unbranched alkanes of at least 4 members (excludes halogenated alkanes) is 11. The predicted octanol–water partition coefficient (Wildman–Crippen LogP) is 2.17. The lowest BCUT2D eigenvalue weighted by atomic mass is 9.87. The summed E-state index contributed by atoms with van der Waals surface area (Å²) in [7, 11) is -17.6. The molecular formula is C39H64N7O17P3S-4. The van der Waals surface area contributed by atoms with E-state index in [4.69, 9.17) is 10.5 Å². The normalized spacial score (nSPS) is 20.2. The first-order chi connectivity index (χ1) is 31.6. The molecule has 2 aromatic heterocycles. The molecule has 0 radical (unpaired) electrons. The first-order valence-corrected chi connectivity index (χ1v) is 27.5. The number of nitrogen functional groups attached to an aromatic ring is 1. The summed E-state index contributed by atoms with van der Waals surface area (Å²) in [6.45, 7) is 2.39. The van der Waals surface area contributed by atoms with Crippen LogP contribution in [0.1, 0.15) is 123 Å². The molecule has 382 valence electrons. The number of nitrogens with one attached hydrogen (secondary N) is 2. The van der Waals surface area contributed by atoms with Gasteiger partial charge < -0.3 is 69.0 Å². The standard InChI is InChI=1S/C39H68N7O17P3S/c1-4-5-6-7-8-9-10-11-12-13-14-15-16-17-18-19-30(48)67-23-22-41-29(47)20-21-42-37(51)34(50)39(2,3)25-60-66(57,58)63-65(55,56)59-24-28-33(62-64(52,53)54)32(49)38(61-28)46-27-45-31-35(40)43-26-44-36(31)46/h14-15,26-28,32-34,38,49-50H,4-13,16-25H2,1-3H3,(H,41,47)(H,42,51)(H,55,56)(H,57,58)(H2,40,43,44)(H2,52,53,54)/p-4/b15-14-/t28-,32-,33-,34+,38-/m1/s1. The molecule has 1 aliphatic heterocycles. The van der Waals surface area contributed by atoms with Gasteiger partial charge in [0.15, 0.2) is 22.8 Å². The molecule has 28 heteroatoms.